The van der Waals surface area contributed by atoms with Crippen LogP contribution in [0.2, 0.25) is 0 Å². The van der Waals surface area contributed by atoms with Gasteiger partial charge in [0.25, 0.3) is 0 Å². The summed E-state index contributed by atoms with van der Waals surface area (Å²) in [5, 5.41) is 8.28. The van der Waals surface area contributed by atoms with Crippen molar-refractivity contribution in [2.75, 3.05) is 0 Å². The van der Waals surface area contributed by atoms with E-state index in [-0.39, 0.29) is 0 Å². The fraction of sp³-hybridized carbons (Fsp3) is 0.167. The second-order valence-electron chi connectivity index (χ2n) is 5.45. The number of nitrogens with zero attached hydrogens (tertiary/aromatic N) is 3. The zero-order chi connectivity index (χ0) is 16.4. The zero-order valence-electron chi connectivity index (χ0n) is 13.1. The molecule has 1 aromatic heterocycles. The van der Waals surface area contributed by atoms with E-state index >= 15 is 0 Å². The van der Waals surface area contributed by atoms with Gasteiger partial charge in [0, 0.05) is 11.3 Å². The van der Waals surface area contributed by atoms with Gasteiger partial charge >= 0.3 is 0 Å². The third-order valence-corrected chi connectivity index (χ3v) is 5.87. The lowest BCUT2D eigenvalue weighted by molar-refractivity contribution is 0.529. The summed E-state index contributed by atoms with van der Waals surface area (Å²) in [5.41, 5.74) is 4.50. The largest absolute Gasteiger partial charge is 0.420 e. The van der Waals surface area contributed by atoms with Gasteiger partial charge in [-0.25, -0.2) is 4.99 Å². The van der Waals surface area contributed by atoms with Crippen LogP contribution in [-0.2, 0) is 11.5 Å². The van der Waals surface area contributed by atoms with Gasteiger partial charge in [0.15, 0.2) is 0 Å². The Morgan fingerprint density at radius 3 is 2.79 bits per heavy atom. The molecular formula is C18H15N3OS2. The molecule has 3 aromatic rings. The van der Waals surface area contributed by atoms with Gasteiger partial charge in [0.1, 0.15) is 4.38 Å². The van der Waals surface area contributed by atoms with Crippen LogP contribution in [0.5, 0.6) is 0 Å². The number of rotatable bonds is 3. The van der Waals surface area contributed by atoms with Crippen LogP contribution in [-0.4, -0.2) is 14.6 Å². The lowest BCUT2D eigenvalue weighted by Crippen LogP contribution is -1.96. The van der Waals surface area contributed by atoms with Gasteiger partial charge in [0.05, 0.1) is 11.4 Å². The molecule has 0 amide bonds. The minimum absolute atomic E-state index is 0.564. The molecule has 2 heterocycles. The van der Waals surface area contributed by atoms with E-state index < -0.39 is 0 Å². The Labute approximate surface area is 148 Å². The lowest BCUT2D eigenvalue weighted by Gasteiger charge is -2.13. The summed E-state index contributed by atoms with van der Waals surface area (Å²) in [6.45, 7) is 2.06. The number of thioether (sulfide) groups is 2. The number of aliphatic imine (C=N–C) groups is 1. The molecule has 120 valence electrons. The summed E-state index contributed by atoms with van der Waals surface area (Å²) in [6.07, 6.45) is 0. The highest BCUT2D eigenvalue weighted by Gasteiger charge is 2.14. The van der Waals surface area contributed by atoms with Crippen molar-refractivity contribution in [2.45, 2.75) is 18.4 Å². The molecule has 0 saturated carbocycles. The first-order valence-electron chi connectivity index (χ1n) is 7.59. The highest BCUT2D eigenvalue weighted by atomic mass is 32.2. The van der Waals surface area contributed by atoms with Crippen molar-refractivity contribution in [1.29, 1.82) is 0 Å². The van der Waals surface area contributed by atoms with Crippen molar-refractivity contribution in [3.05, 3.63) is 65.5 Å². The maximum atomic E-state index is 5.76. The van der Waals surface area contributed by atoms with Gasteiger partial charge in [-0.3, -0.25) is 0 Å². The Kier molecular flexibility index (Phi) is 4.40. The van der Waals surface area contributed by atoms with Gasteiger partial charge in [-0.15, -0.1) is 10.2 Å². The summed E-state index contributed by atoms with van der Waals surface area (Å²) in [6, 6.07) is 16.3. The average molecular weight is 353 g/mol. The molecule has 2 aromatic carbocycles. The molecule has 0 radical (unpaired) electrons. The summed E-state index contributed by atoms with van der Waals surface area (Å²) >= 11 is 3.39. The Morgan fingerprint density at radius 2 is 1.92 bits per heavy atom. The minimum Gasteiger partial charge on any atom is -0.420 e. The quantitative estimate of drug-likeness (QED) is 0.647. The predicted molar refractivity (Wildman–Crippen MR) is 101 cm³/mol. The monoisotopic (exact) mass is 353 g/mol. The number of benzene rings is 2. The third kappa shape index (κ3) is 3.39. The first-order chi connectivity index (χ1) is 11.8. The average Bonchev–Trinajstić information content (AvgIpc) is 3.09. The molecule has 0 N–H and O–H groups in total. The first-order valence-corrected chi connectivity index (χ1v) is 9.57. The smallest absolute Gasteiger partial charge is 0.247 e. The van der Waals surface area contributed by atoms with Gasteiger partial charge < -0.3 is 4.42 Å². The Balaban J connectivity index is 1.44. The van der Waals surface area contributed by atoms with E-state index in [1.165, 1.54) is 11.1 Å². The van der Waals surface area contributed by atoms with Gasteiger partial charge in [-0.05, 0) is 30.7 Å². The van der Waals surface area contributed by atoms with Crippen LogP contribution < -0.4 is 0 Å². The number of hydrogen-bond donors (Lipinski definition) is 0. The van der Waals surface area contributed by atoms with E-state index in [0.29, 0.717) is 17.5 Å². The van der Waals surface area contributed by atoms with Crippen LogP contribution in [0.15, 0.2) is 57.9 Å². The summed E-state index contributed by atoms with van der Waals surface area (Å²) in [4.78, 5) is 4.69. The van der Waals surface area contributed by atoms with E-state index in [9.17, 15) is 0 Å². The van der Waals surface area contributed by atoms with Crippen molar-refractivity contribution in [1.82, 2.24) is 10.2 Å². The van der Waals surface area contributed by atoms with Crippen molar-refractivity contribution in [3.8, 4) is 11.5 Å². The molecule has 0 spiro atoms. The molecule has 1 aliphatic heterocycles. The van der Waals surface area contributed by atoms with Crippen molar-refractivity contribution < 1.29 is 4.42 Å². The number of para-hydroxylation sites is 1. The number of hydrogen-bond acceptors (Lipinski definition) is 6. The molecule has 0 atom stereocenters. The van der Waals surface area contributed by atoms with Crippen molar-refractivity contribution >= 4 is 33.6 Å². The van der Waals surface area contributed by atoms with Crippen LogP contribution in [0.4, 0.5) is 5.69 Å². The second kappa shape index (κ2) is 6.83. The van der Waals surface area contributed by atoms with Crippen LogP contribution in [0.25, 0.3) is 11.5 Å². The van der Waals surface area contributed by atoms with E-state index in [1.54, 1.807) is 23.5 Å². The summed E-state index contributed by atoms with van der Waals surface area (Å²) < 4.78 is 6.81. The van der Waals surface area contributed by atoms with Gasteiger partial charge in [-0.2, -0.15) is 0 Å². The molecule has 0 saturated heterocycles. The van der Waals surface area contributed by atoms with Crippen LogP contribution >= 0.6 is 23.5 Å². The molecule has 0 aliphatic carbocycles. The molecule has 0 unspecified atom stereocenters. The normalized spacial score (nSPS) is 13.5. The Hall–Kier alpha value is -2.05. The summed E-state index contributed by atoms with van der Waals surface area (Å²) in [5.74, 6) is 2.78. The zero-order valence-corrected chi connectivity index (χ0v) is 14.7. The standard InChI is InChI=1S/C18H15N3OS2/c1-12-6-8-13(9-7-12)17-21-20-16(22-17)11-24-18-19-15-5-3-2-4-14(15)10-23-18/h2-9H,10-11H2,1H3. The van der Waals surface area contributed by atoms with E-state index in [4.69, 9.17) is 4.42 Å². The minimum atomic E-state index is 0.564. The highest BCUT2D eigenvalue weighted by molar-refractivity contribution is 8.38. The molecule has 0 bridgehead atoms. The molecule has 4 nitrogen and oxygen atoms in total. The SMILES string of the molecule is Cc1ccc(-c2nnc(CSC3=Nc4ccccc4CS3)o2)cc1. The van der Waals surface area contributed by atoms with Gasteiger partial charge in [-0.1, -0.05) is 59.4 Å². The van der Waals surface area contributed by atoms with Crippen LogP contribution in [0.1, 0.15) is 17.0 Å². The number of fused-ring (bicyclic) bond motifs is 1. The fourth-order valence-electron chi connectivity index (χ4n) is 2.33. The maximum absolute atomic E-state index is 5.76. The van der Waals surface area contributed by atoms with Crippen LogP contribution in [0, 0.1) is 6.92 Å². The Morgan fingerprint density at radius 1 is 1.08 bits per heavy atom. The number of aromatic nitrogens is 2. The lowest BCUT2D eigenvalue weighted by atomic mass is 10.1. The number of aryl methyl sites for hydroxylation is 1. The summed E-state index contributed by atoms with van der Waals surface area (Å²) in [7, 11) is 0. The van der Waals surface area contributed by atoms with Gasteiger partial charge in [0.2, 0.25) is 11.8 Å². The highest BCUT2D eigenvalue weighted by Crippen LogP contribution is 2.35. The predicted octanol–water partition coefficient (Wildman–Crippen LogP) is 5.21. The van der Waals surface area contributed by atoms with Crippen molar-refractivity contribution in [2.24, 2.45) is 4.99 Å². The topological polar surface area (TPSA) is 51.3 Å². The van der Waals surface area contributed by atoms with E-state index in [1.807, 2.05) is 30.3 Å². The molecule has 4 rings (SSSR count). The van der Waals surface area contributed by atoms with E-state index in [2.05, 4.69) is 40.3 Å². The molecule has 6 heteroatoms. The molecule has 1 aliphatic rings. The third-order valence-electron chi connectivity index (χ3n) is 3.64. The second-order valence-corrected chi connectivity index (χ2v) is 7.64. The molecular weight excluding hydrogens is 338 g/mol. The molecule has 0 fully saturated rings. The molecule has 24 heavy (non-hydrogen) atoms. The van der Waals surface area contributed by atoms with Crippen molar-refractivity contribution in [3.63, 3.8) is 0 Å². The maximum Gasteiger partial charge on any atom is 0.247 e. The van der Waals surface area contributed by atoms with E-state index in [0.717, 1.165) is 21.4 Å². The Bertz CT molecular complexity index is 887. The first kappa shape index (κ1) is 15.5. The van der Waals surface area contributed by atoms with Crippen LogP contribution in [0.3, 0.4) is 0 Å². The fourth-order valence-corrected chi connectivity index (χ4v) is 4.23.